The van der Waals surface area contributed by atoms with Gasteiger partial charge >= 0.3 is 0 Å². The first-order valence-electron chi connectivity index (χ1n) is 10.3. The van der Waals surface area contributed by atoms with Crippen molar-refractivity contribution in [3.63, 3.8) is 0 Å². The number of thioether (sulfide) groups is 1. The summed E-state index contributed by atoms with van der Waals surface area (Å²) in [6.07, 6.45) is 2.45. The van der Waals surface area contributed by atoms with E-state index in [1.165, 1.54) is 12.1 Å². The molecule has 1 aromatic carbocycles. The Hall–Kier alpha value is -1.56. The van der Waals surface area contributed by atoms with E-state index >= 15 is 0 Å². The maximum Gasteiger partial charge on any atom is 0.250 e. The number of benzene rings is 1. The second-order valence-electron chi connectivity index (χ2n) is 8.70. The SMILES string of the molecule is CC(C)CC1SCC(C(=O)N2c3ccc(F)cc3CCC2C)N1C(=O)C(C)C. The fourth-order valence-corrected chi connectivity index (χ4v) is 5.79. The van der Waals surface area contributed by atoms with Crippen LogP contribution in [0, 0.1) is 17.7 Å². The van der Waals surface area contributed by atoms with Gasteiger partial charge in [0.25, 0.3) is 5.91 Å². The molecule has 154 valence electrons. The van der Waals surface area contributed by atoms with Gasteiger partial charge in [0.15, 0.2) is 0 Å². The molecular formula is C22H31FN2O2S. The number of carbonyl (C=O) groups excluding carboxylic acids is 2. The number of aryl methyl sites for hydroxylation is 1. The van der Waals surface area contributed by atoms with E-state index in [0.717, 1.165) is 30.5 Å². The molecule has 3 atom stereocenters. The summed E-state index contributed by atoms with van der Waals surface area (Å²) in [6.45, 7) is 10.1. The largest absolute Gasteiger partial charge is 0.318 e. The topological polar surface area (TPSA) is 40.6 Å². The molecule has 2 aliphatic rings. The standard InChI is InChI=1S/C22H31FN2O2S/c1-13(2)10-20-25(21(26)14(3)4)19(12-28-20)22(27)24-15(5)6-7-16-11-17(23)8-9-18(16)24/h8-9,11,13-15,19-20H,6-7,10,12H2,1-5H3. The van der Waals surface area contributed by atoms with Gasteiger partial charge in [0.2, 0.25) is 5.91 Å². The Morgan fingerprint density at radius 3 is 2.61 bits per heavy atom. The molecule has 4 nitrogen and oxygen atoms in total. The zero-order chi connectivity index (χ0) is 20.6. The number of amides is 2. The van der Waals surface area contributed by atoms with Crippen LogP contribution in [0.1, 0.15) is 53.0 Å². The van der Waals surface area contributed by atoms with Crippen LogP contribution in [-0.2, 0) is 16.0 Å². The number of nitrogens with zero attached hydrogens (tertiary/aromatic N) is 2. The van der Waals surface area contributed by atoms with Crippen LogP contribution in [0.25, 0.3) is 0 Å². The lowest BCUT2D eigenvalue weighted by molar-refractivity contribution is -0.141. The molecule has 1 aromatic rings. The second-order valence-corrected chi connectivity index (χ2v) is 9.91. The van der Waals surface area contributed by atoms with Gasteiger partial charge in [-0.1, -0.05) is 27.7 Å². The van der Waals surface area contributed by atoms with Gasteiger partial charge in [0.05, 0.1) is 5.37 Å². The molecule has 0 aliphatic carbocycles. The normalized spacial score (nSPS) is 24.8. The van der Waals surface area contributed by atoms with Crippen molar-refractivity contribution in [2.75, 3.05) is 10.7 Å². The highest BCUT2D eigenvalue weighted by Crippen LogP contribution is 2.38. The third-order valence-electron chi connectivity index (χ3n) is 5.61. The van der Waals surface area contributed by atoms with E-state index in [0.29, 0.717) is 11.7 Å². The molecule has 28 heavy (non-hydrogen) atoms. The molecule has 3 rings (SSSR count). The molecule has 0 aromatic heterocycles. The van der Waals surface area contributed by atoms with E-state index in [1.807, 2.05) is 30.6 Å². The monoisotopic (exact) mass is 406 g/mol. The van der Waals surface area contributed by atoms with Crippen molar-refractivity contribution in [2.24, 2.45) is 11.8 Å². The molecule has 0 radical (unpaired) electrons. The van der Waals surface area contributed by atoms with Gasteiger partial charge in [0.1, 0.15) is 11.9 Å². The summed E-state index contributed by atoms with van der Waals surface area (Å²) in [7, 11) is 0. The highest BCUT2D eigenvalue weighted by molar-refractivity contribution is 8.00. The Balaban J connectivity index is 1.93. The smallest absolute Gasteiger partial charge is 0.250 e. The molecule has 2 aliphatic heterocycles. The summed E-state index contributed by atoms with van der Waals surface area (Å²) >= 11 is 1.71. The van der Waals surface area contributed by atoms with Crippen molar-refractivity contribution < 1.29 is 14.0 Å². The molecular weight excluding hydrogens is 375 g/mol. The molecule has 0 spiro atoms. The van der Waals surface area contributed by atoms with E-state index < -0.39 is 6.04 Å². The zero-order valence-corrected chi connectivity index (χ0v) is 18.3. The third kappa shape index (κ3) is 4.07. The number of anilines is 1. The minimum atomic E-state index is -0.456. The predicted octanol–water partition coefficient (Wildman–Crippen LogP) is 4.47. The molecule has 0 bridgehead atoms. The average molecular weight is 407 g/mol. The lowest BCUT2D eigenvalue weighted by atomic mass is 9.95. The number of rotatable bonds is 4. The minimum absolute atomic E-state index is 0.0344. The van der Waals surface area contributed by atoms with Crippen molar-refractivity contribution in [2.45, 2.75) is 71.3 Å². The fraction of sp³-hybridized carbons (Fsp3) is 0.636. The van der Waals surface area contributed by atoms with Crippen LogP contribution in [0.15, 0.2) is 18.2 Å². The number of hydrogen-bond donors (Lipinski definition) is 0. The highest BCUT2D eigenvalue weighted by Gasteiger charge is 2.45. The van der Waals surface area contributed by atoms with Gasteiger partial charge in [-0.3, -0.25) is 9.59 Å². The van der Waals surface area contributed by atoms with E-state index in [9.17, 15) is 14.0 Å². The summed E-state index contributed by atoms with van der Waals surface area (Å²) in [5.41, 5.74) is 1.66. The van der Waals surface area contributed by atoms with Gasteiger partial charge in [-0.05, 0) is 55.9 Å². The molecule has 1 fully saturated rings. The van der Waals surface area contributed by atoms with E-state index in [4.69, 9.17) is 0 Å². The van der Waals surface area contributed by atoms with Crippen molar-refractivity contribution in [3.8, 4) is 0 Å². The van der Waals surface area contributed by atoms with Crippen molar-refractivity contribution in [1.82, 2.24) is 4.90 Å². The van der Waals surface area contributed by atoms with Gasteiger partial charge < -0.3 is 9.80 Å². The van der Waals surface area contributed by atoms with Gasteiger partial charge in [0, 0.05) is 23.4 Å². The van der Waals surface area contributed by atoms with Crippen LogP contribution in [0.2, 0.25) is 0 Å². The Bertz CT molecular complexity index is 752. The Morgan fingerprint density at radius 2 is 1.96 bits per heavy atom. The molecule has 2 amide bonds. The minimum Gasteiger partial charge on any atom is -0.318 e. The van der Waals surface area contributed by atoms with Crippen molar-refractivity contribution in [3.05, 3.63) is 29.6 Å². The molecule has 1 saturated heterocycles. The lowest BCUT2D eigenvalue weighted by Crippen LogP contribution is -2.55. The number of carbonyl (C=O) groups is 2. The first-order chi connectivity index (χ1) is 13.2. The van der Waals surface area contributed by atoms with Crippen LogP contribution >= 0.6 is 11.8 Å². The molecule has 0 N–H and O–H groups in total. The number of halogens is 1. The zero-order valence-electron chi connectivity index (χ0n) is 17.4. The first-order valence-corrected chi connectivity index (χ1v) is 11.3. The third-order valence-corrected chi connectivity index (χ3v) is 6.92. The van der Waals surface area contributed by atoms with Crippen molar-refractivity contribution >= 4 is 29.3 Å². The van der Waals surface area contributed by atoms with Crippen LogP contribution < -0.4 is 4.90 Å². The summed E-state index contributed by atoms with van der Waals surface area (Å²) in [6, 6.07) is 4.24. The lowest BCUT2D eigenvalue weighted by Gasteiger charge is -2.39. The van der Waals surface area contributed by atoms with E-state index in [2.05, 4.69) is 13.8 Å². The van der Waals surface area contributed by atoms with E-state index in [-0.39, 0.29) is 35.0 Å². The second kappa shape index (κ2) is 8.44. The Labute approximate surface area is 171 Å². The average Bonchev–Trinajstić information content (AvgIpc) is 3.03. The van der Waals surface area contributed by atoms with Gasteiger partial charge in [-0.2, -0.15) is 0 Å². The van der Waals surface area contributed by atoms with Crippen LogP contribution in [0.5, 0.6) is 0 Å². The maximum absolute atomic E-state index is 13.7. The summed E-state index contributed by atoms with van der Waals surface area (Å²) < 4.78 is 13.7. The summed E-state index contributed by atoms with van der Waals surface area (Å²) in [4.78, 5) is 30.3. The molecule has 3 unspecified atom stereocenters. The van der Waals surface area contributed by atoms with Gasteiger partial charge in [-0.15, -0.1) is 11.8 Å². The van der Waals surface area contributed by atoms with Crippen molar-refractivity contribution in [1.29, 1.82) is 0 Å². The molecule has 6 heteroatoms. The Kier molecular flexibility index (Phi) is 6.37. The number of hydrogen-bond acceptors (Lipinski definition) is 3. The van der Waals surface area contributed by atoms with Crippen LogP contribution in [0.4, 0.5) is 10.1 Å². The fourth-order valence-electron chi connectivity index (χ4n) is 4.15. The first kappa shape index (κ1) is 21.2. The summed E-state index contributed by atoms with van der Waals surface area (Å²) in [5, 5.41) is 0.0386. The predicted molar refractivity (Wildman–Crippen MR) is 113 cm³/mol. The maximum atomic E-state index is 13.7. The van der Waals surface area contributed by atoms with Crippen LogP contribution in [0.3, 0.4) is 0 Å². The number of fused-ring (bicyclic) bond motifs is 1. The van der Waals surface area contributed by atoms with Crippen LogP contribution in [-0.4, -0.2) is 39.9 Å². The molecule has 0 saturated carbocycles. The summed E-state index contributed by atoms with van der Waals surface area (Å²) in [5.74, 6) is 0.654. The van der Waals surface area contributed by atoms with E-state index in [1.54, 1.807) is 17.8 Å². The molecule has 2 heterocycles. The Morgan fingerprint density at radius 1 is 1.25 bits per heavy atom. The van der Waals surface area contributed by atoms with Gasteiger partial charge in [-0.25, -0.2) is 4.39 Å². The highest BCUT2D eigenvalue weighted by atomic mass is 32.2. The quantitative estimate of drug-likeness (QED) is 0.741.